The number of ether oxygens (including phenoxy) is 2. The fourth-order valence-electron chi connectivity index (χ4n) is 6.72. The lowest BCUT2D eigenvalue weighted by Crippen LogP contribution is -2.74. The average Bonchev–Trinajstić information content (AvgIpc) is 3.99. The number of aromatic nitrogens is 2. The number of β-lactam (4-membered cyclic amide) rings is 2. The number of cyclic esters (lactones) is 2. The first-order valence-electron chi connectivity index (χ1n) is 19.3. The van der Waals surface area contributed by atoms with Gasteiger partial charge < -0.3 is 61.3 Å². The molecule has 0 aromatic carbocycles. The second kappa shape index (κ2) is 18.2. The fourth-order valence-corrected chi connectivity index (χ4v) is 9.56. The van der Waals surface area contributed by atoms with Crippen LogP contribution < -0.4 is 22.1 Å². The smallest absolute Gasteiger partial charge is 0.410 e. The molecule has 0 bridgehead atoms. The summed E-state index contributed by atoms with van der Waals surface area (Å²) in [5.74, 6) is -6.96. The molecule has 36 heteroatoms. The van der Waals surface area contributed by atoms with Crippen LogP contribution in [0.3, 0.4) is 0 Å². The third kappa shape index (κ3) is 9.98. The predicted octanol–water partition coefficient (Wildman–Crippen LogP) is -3.97. The summed E-state index contributed by atoms with van der Waals surface area (Å²) in [6.07, 6.45) is -0.846. The number of carboxylic acid groups (broad SMARTS) is 2. The highest BCUT2D eigenvalue weighted by atomic mass is 32.2. The lowest BCUT2D eigenvalue weighted by atomic mass is 9.97. The Balaban J connectivity index is 0.000000201. The number of oxime groups is 2. The highest BCUT2D eigenvalue weighted by Gasteiger charge is 2.58. The maximum absolute atomic E-state index is 13.0. The first-order chi connectivity index (χ1) is 31.9. The molecule has 4 saturated heterocycles. The van der Waals surface area contributed by atoms with Crippen LogP contribution in [0.1, 0.15) is 37.1 Å². The van der Waals surface area contributed by atoms with Crippen LogP contribution in [0.5, 0.6) is 0 Å². The van der Waals surface area contributed by atoms with Gasteiger partial charge in [-0.1, -0.05) is 10.3 Å². The van der Waals surface area contributed by atoms with Gasteiger partial charge in [0.25, 0.3) is 23.6 Å². The number of carbonyl (C=O) groups excluding carboxylic acids is 6. The van der Waals surface area contributed by atoms with E-state index in [1.165, 1.54) is 10.8 Å². The Bertz CT molecular complexity index is 2570. The third-order valence-corrected chi connectivity index (χ3v) is 13.9. The van der Waals surface area contributed by atoms with Crippen LogP contribution in [0.4, 0.5) is 19.9 Å². The number of nitrogens with two attached hydrogens (primary N) is 2. The molecular weight excluding hydrogens is 1000 g/mol. The summed E-state index contributed by atoms with van der Waals surface area (Å²) < 4.78 is 75.2. The number of nitrogen functional groups attached to an aromatic ring is 2. The molecule has 4 aliphatic heterocycles. The van der Waals surface area contributed by atoms with Crippen LogP contribution in [-0.2, 0) is 68.5 Å². The number of nitrogens with zero attached hydrogens (tertiary/aromatic N) is 8. The summed E-state index contributed by atoms with van der Waals surface area (Å²) in [5.41, 5.74) is 6.88. The van der Waals surface area contributed by atoms with Crippen molar-refractivity contribution in [3.63, 3.8) is 0 Å². The lowest BCUT2D eigenvalue weighted by Gasteiger charge is -2.45. The molecule has 10 N–H and O–H groups in total. The number of aliphatic carboxylic acids is 2. The van der Waals surface area contributed by atoms with Gasteiger partial charge in [-0.2, -0.15) is 16.8 Å². The average molecular weight is 1040 g/mol. The van der Waals surface area contributed by atoms with Crippen LogP contribution in [0, 0.1) is 0 Å². The van der Waals surface area contributed by atoms with Gasteiger partial charge in [0, 0.05) is 49.5 Å². The maximum atomic E-state index is 13.0. The van der Waals surface area contributed by atoms with Crippen molar-refractivity contribution in [1.82, 2.24) is 39.0 Å². The number of anilines is 2. The van der Waals surface area contributed by atoms with Gasteiger partial charge in [0.05, 0.1) is 25.2 Å². The normalized spacial score (nSPS) is 23.9. The Morgan fingerprint density at radius 3 is 1.31 bits per heavy atom. The van der Waals surface area contributed by atoms with E-state index in [1.807, 2.05) is 0 Å². The zero-order chi connectivity index (χ0) is 49.7. The number of hydrogen-bond acceptors (Lipinski definition) is 24. The quantitative estimate of drug-likeness (QED) is 0.0305. The van der Waals surface area contributed by atoms with Crippen LogP contribution in [0.15, 0.2) is 21.1 Å². The molecule has 2 aromatic rings. The molecule has 0 unspecified atom stereocenters. The molecule has 6 aliphatic rings. The molecule has 0 spiro atoms. The number of carbonyl (C=O) groups is 8. The fraction of sp³-hybridized carbons (Fsp3) is 0.500. The van der Waals surface area contributed by atoms with Gasteiger partial charge in [-0.05, 0) is 0 Å². The molecule has 2 aromatic heterocycles. The zero-order valence-electron chi connectivity index (χ0n) is 34.2. The molecule has 4 atom stereocenters. The summed E-state index contributed by atoms with van der Waals surface area (Å²) in [6, 6.07) is -5.63. The van der Waals surface area contributed by atoms with Gasteiger partial charge in [-0.3, -0.25) is 28.3 Å². The maximum Gasteiger partial charge on any atom is 0.410 e. The number of rotatable bonds is 18. The molecule has 6 amide bonds. The lowest BCUT2D eigenvalue weighted by molar-refractivity contribution is -0.154. The molecule has 0 radical (unpaired) electrons. The van der Waals surface area contributed by atoms with Gasteiger partial charge in [0.2, 0.25) is 11.2 Å². The summed E-state index contributed by atoms with van der Waals surface area (Å²) in [4.78, 5) is 117. The number of amides is 6. The van der Waals surface area contributed by atoms with E-state index in [4.69, 9.17) is 30.6 Å². The minimum atomic E-state index is -4.99. The molecule has 68 heavy (non-hydrogen) atoms. The van der Waals surface area contributed by atoms with Crippen molar-refractivity contribution in [3.05, 3.63) is 22.1 Å². The Kier molecular flexibility index (Phi) is 13.1. The van der Waals surface area contributed by atoms with Crippen LogP contribution in [0.2, 0.25) is 0 Å². The van der Waals surface area contributed by atoms with E-state index in [9.17, 15) is 74.5 Å². The largest absolute Gasteiger partial charge is 0.478 e. The van der Waals surface area contributed by atoms with E-state index < -0.39 is 115 Å². The Labute approximate surface area is 388 Å². The van der Waals surface area contributed by atoms with Crippen molar-refractivity contribution >= 4 is 113 Å². The zero-order valence-corrected chi connectivity index (χ0v) is 37.5. The molecule has 6 heterocycles. The second-order valence-electron chi connectivity index (χ2n) is 15.2. The summed E-state index contributed by atoms with van der Waals surface area (Å²) in [6.45, 7) is -0.396. The number of hydrogen-bond donors (Lipinski definition) is 8. The van der Waals surface area contributed by atoms with Crippen molar-refractivity contribution in [3.8, 4) is 0 Å². The van der Waals surface area contributed by atoms with Crippen LogP contribution in [-0.4, -0.2) is 198 Å². The predicted molar refractivity (Wildman–Crippen MR) is 222 cm³/mol. The Hall–Kier alpha value is -7.02. The van der Waals surface area contributed by atoms with Gasteiger partial charge in [-0.15, -0.1) is 22.7 Å². The van der Waals surface area contributed by atoms with Crippen molar-refractivity contribution in [1.29, 1.82) is 0 Å². The van der Waals surface area contributed by atoms with Gasteiger partial charge in [-0.25, -0.2) is 37.8 Å². The summed E-state index contributed by atoms with van der Waals surface area (Å²) in [7, 11) is -9.97. The molecule has 368 valence electrons. The van der Waals surface area contributed by atoms with Gasteiger partial charge >= 0.3 is 44.7 Å². The first-order valence-corrected chi connectivity index (χ1v) is 23.9. The van der Waals surface area contributed by atoms with Crippen molar-refractivity contribution in [2.24, 2.45) is 10.3 Å². The van der Waals surface area contributed by atoms with Gasteiger partial charge in [0.1, 0.15) is 36.7 Å². The number of thiazole rings is 2. The van der Waals surface area contributed by atoms with Crippen LogP contribution >= 0.6 is 22.7 Å². The topological polar surface area (TPSA) is 462 Å². The van der Waals surface area contributed by atoms with E-state index in [1.54, 1.807) is 0 Å². The van der Waals surface area contributed by atoms with Crippen molar-refractivity contribution < 1.29 is 93.7 Å². The van der Waals surface area contributed by atoms with Gasteiger partial charge in [0.15, 0.2) is 21.7 Å². The van der Waals surface area contributed by atoms with Crippen molar-refractivity contribution in [2.45, 2.75) is 61.1 Å². The first kappa shape index (κ1) is 48.9. The second-order valence-corrected chi connectivity index (χ2v) is 19.5. The minimum Gasteiger partial charge on any atom is -0.478 e. The van der Waals surface area contributed by atoms with E-state index >= 15 is 0 Å². The molecular formula is C32H36N12O20S4. The molecule has 8 rings (SSSR count). The molecule has 2 saturated carbocycles. The highest BCUT2D eigenvalue weighted by molar-refractivity contribution is 7.84. The SMILES string of the molecule is Nc1nc(/C(=N/OC2(C(=O)O)CC2)C(=O)N[C@@H]2C(=O)N(S(=O)(=O)O)[C@@H]2CN2CCOC2=O)cs1.Nc1nc(/C(=N/OC2(C(=O)O)CC2)C(=O)N[C@@H]2C(=O)N(S(=O)(=O)O)[C@@H]2CN2CCOC2=O)cs1. The van der Waals surface area contributed by atoms with E-state index in [-0.39, 0.29) is 95.3 Å². The van der Waals surface area contributed by atoms with Crippen LogP contribution in [0.25, 0.3) is 0 Å². The minimum absolute atomic E-state index is 0.0487. The highest BCUT2D eigenvalue weighted by Crippen LogP contribution is 2.41. The standard InChI is InChI=1S/2C16H18N6O10S2/c2*17-14-18-7(6-33-14)9(20-32-16(1-2-16)13(25)26)11(23)19-10-8(5-21-3-4-31-15(21)27)22(12(10)24)34(28,29)30/h2*6,8,10H,1-5H2,(H2,17,18)(H,19,23)(H,25,26)(H,28,29,30)/b2*20-9-/t2*8-,10+/m11/s1. The Morgan fingerprint density at radius 2 is 1.06 bits per heavy atom. The van der Waals surface area contributed by atoms with E-state index in [2.05, 4.69) is 30.9 Å². The summed E-state index contributed by atoms with van der Waals surface area (Å²) >= 11 is 1.92. The summed E-state index contributed by atoms with van der Waals surface area (Å²) in [5, 5.41) is 33.2. The third-order valence-electron chi connectivity index (χ3n) is 10.7. The number of carboxylic acids is 2. The van der Waals surface area contributed by atoms with E-state index in [0.29, 0.717) is 0 Å². The van der Waals surface area contributed by atoms with E-state index in [0.717, 1.165) is 32.5 Å². The Morgan fingerprint density at radius 1 is 0.706 bits per heavy atom. The molecule has 6 fully saturated rings. The molecule has 2 aliphatic carbocycles. The van der Waals surface area contributed by atoms with Crippen molar-refractivity contribution in [2.75, 3.05) is 50.9 Å². The molecule has 32 nitrogen and oxygen atoms in total. The number of nitrogens with one attached hydrogen (secondary N) is 2. The monoisotopic (exact) mass is 1040 g/mol.